The van der Waals surface area contributed by atoms with Crippen LogP contribution in [0.1, 0.15) is 50.5 Å². The van der Waals surface area contributed by atoms with E-state index in [9.17, 15) is 4.79 Å². The minimum Gasteiger partial charge on any atom is -0.312 e. The number of aryl methyl sites for hydroxylation is 3. The Morgan fingerprint density at radius 1 is 1.10 bits per heavy atom. The minimum absolute atomic E-state index is 0.0307. The Kier molecular flexibility index (Phi) is 5.46. The SMILES string of the molecule is CCc1c(C)sc2c1CCN(C(=O)Nc1ccc(C)c(C)c1)C2c1ccccc1. The fourth-order valence-corrected chi connectivity index (χ4v) is 5.75. The van der Waals surface area contributed by atoms with Crippen molar-refractivity contribution in [2.24, 2.45) is 0 Å². The quantitative estimate of drug-likeness (QED) is 0.537. The average Bonchev–Trinajstić information content (AvgIpc) is 3.05. The van der Waals surface area contributed by atoms with Crippen molar-refractivity contribution >= 4 is 23.1 Å². The second kappa shape index (κ2) is 8.03. The average molecular weight is 405 g/mol. The molecule has 2 heterocycles. The van der Waals surface area contributed by atoms with Gasteiger partial charge in [0.15, 0.2) is 0 Å². The zero-order valence-electron chi connectivity index (χ0n) is 17.6. The van der Waals surface area contributed by atoms with Gasteiger partial charge < -0.3 is 10.2 Å². The number of nitrogens with zero attached hydrogens (tertiary/aromatic N) is 1. The zero-order chi connectivity index (χ0) is 20.5. The molecule has 1 unspecified atom stereocenters. The highest BCUT2D eigenvalue weighted by molar-refractivity contribution is 7.12. The van der Waals surface area contributed by atoms with Gasteiger partial charge in [-0.2, -0.15) is 0 Å². The van der Waals surface area contributed by atoms with E-state index in [0.717, 1.165) is 25.1 Å². The van der Waals surface area contributed by atoms with Gasteiger partial charge in [0.05, 0.1) is 6.04 Å². The zero-order valence-corrected chi connectivity index (χ0v) is 18.4. The van der Waals surface area contributed by atoms with Gasteiger partial charge in [0.2, 0.25) is 0 Å². The van der Waals surface area contributed by atoms with Crippen LogP contribution in [-0.2, 0) is 12.8 Å². The van der Waals surface area contributed by atoms with E-state index in [4.69, 9.17) is 0 Å². The summed E-state index contributed by atoms with van der Waals surface area (Å²) in [6.45, 7) is 9.33. The van der Waals surface area contributed by atoms with Crippen LogP contribution in [0.3, 0.4) is 0 Å². The van der Waals surface area contributed by atoms with Gasteiger partial charge >= 0.3 is 6.03 Å². The highest BCUT2D eigenvalue weighted by atomic mass is 32.1. The fourth-order valence-electron chi connectivity index (χ4n) is 4.31. The predicted molar refractivity (Wildman–Crippen MR) is 122 cm³/mol. The van der Waals surface area contributed by atoms with E-state index in [0.29, 0.717) is 0 Å². The van der Waals surface area contributed by atoms with Crippen LogP contribution in [0.2, 0.25) is 0 Å². The number of anilines is 1. The van der Waals surface area contributed by atoms with Crippen molar-refractivity contribution in [3.63, 3.8) is 0 Å². The van der Waals surface area contributed by atoms with Crippen molar-refractivity contribution in [3.8, 4) is 0 Å². The van der Waals surface area contributed by atoms with Gasteiger partial charge in [-0.25, -0.2) is 4.79 Å². The van der Waals surface area contributed by atoms with Crippen LogP contribution < -0.4 is 5.32 Å². The molecule has 0 saturated carbocycles. The molecule has 29 heavy (non-hydrogen) atoms. The first-order chi connectivity index (χ1) is 14.0. The summed E-state index contributed by atoms with van der Waals surface area (Å²) in [6, 6.07) is 16.4. The molecule has 3 aromatic rings. The van der Waals surface area contributed by atoms with E-state index in [2.05, 4.69) is 63.3 Å². The van der Waals surface area contributed by atoms with Crippen LogP contribution in [0.4, 0.5) is 10.5 Å². The van der Waals surface area contributed by atoms with Crippen LogP contribution in [0.15, 0.2) is 48.5 Å². The van der Waals surface area contributed by atoms with E-state index in [1.807, 2.05) is 34.4 Å². The lowest BCUT2D eigenvalue weighted by atomic mass is 9.92. The number of urea groups is 1. The van der Waals surface area contributed by atoms with E-state index >= 15 is 0 Å². The molecule has 0 bridgehead atoms. The number of rotatable bonds is 3. The molecule has 150 valence electrons. The summed E-state index contributed by atoms with van der Waals surface area (Å²) >= 11 is 1.85. The van der Waals surface area contributed by atoms with Crippen molar-refractivity contribution in [1.82, 2.24) is 4.90 Å². The van der Waals surface area contributed by atoms with Crippen LogP contribution >= 0.6 is 11.3 Å². The summed E-state index contributed by atoms with van der Waals surface area (Å²) in [5.41, 5.74) is 7.37. The van der Waals surface area contributed by atoms with Gasteiger partial charge in [-0.1, -0.05) is 43.3 Å². The topological polar surface area (TPSA) is 32.3 Å². The van der Waals surface area contributed by atoms with Gasteiger partial charge in [-0.3, -0.25) is 0 Å². The predicted octanol–water partition coefficient (Wildman–Crippen LogP) is 6.42. The molecule has 0 aliphatic carbocycles. The number of carbonyl (C=O) groups is 1. The van der Waals surface area contributed by atoms with Crippen LogP contribution in [0.25, 0.3) is 0 Å². The smallest absolute Gasteiger partial charge is 0.312 e. The molecule has 0 spiro atoms. The molecule has 1 atom stereocenters. The number of carbonyl (C=O) groups excluding carboxylic acids is 1. The van der Waals surface area contributed by atoms with Crippen molar-refractivity contribution in [2.45, 2.75) is 46.6 Å². The Bertz CT molecular complexity index is 1040. The molecule has 3 nitrogen and oxygen atoms in total. The van der Waals surface area contributed by atoms with Gasteiger partial charge in [0.25, 0.3) is 0 Å². The Labute approximate surface area is 177 Å². The van der Waals surface area contributed by atoms with Crippen molar-refractivity contribution in [1.29, 1.82) is 0 Å². The lowest BCUT2D eigenvalue weighted by Gasteiger charge is -2.36. The number of thiophene rings is 1. The number of fused-ring (bicyclic) bond motifs is 1. The molecule has 4 rings (SSSR count). The molecule has 2 amide bonds. The van der Waals surface area contributed by atoms with Crippen LogP contribution in [-0.4, -0.2) is 17.5 Å². The van der Waals surface area contributed by atoms with E-state index < -0.39 is 0 Å². The Hall–Kier alpha value is -2.59. The molecule has 1 N–H and O–H groups in total. The second-order valence-electron chi connectivity index (χ2n) is 7.82. The Morgan fingerprint density at radius 3 is 2.55 bits per heavy atom. The van der Waals surface area contributed by atoms with Gasteiger partial charge in [0.1, 0.15) is 0 Å². The molecule has 1 aliphatic rings. The molecule has 0 radical (unpaired) electrons. The van der Waals surface area contributed by atoms with Gasteiger partial charge in [0, 0.05) is 22.0 Å². The van der Waals surface area contributed by atoms with Crippen molar-refractivity contribution in [3.05, 3.63) is 86.1 Å². The Balaban J connectivity index is 1.71. The molecular weight excluding hydrogens is 376 g/mol. The number of benzene rings is 2. The molecule has 2 aromatic carbocycles. The highest BCUT2D eigenvalue weighted by Crippen LogP contribution is 2.43. The number of hydrogen-bond donors (Lipinski definition) is 1. The molecule has 1 aromatic heterocycles. The van der Waals surface area contributed by atoms with Crippen LogP contribution in [0, 0.1) is 20.8 Å². The fraction of sp³-hybridized carbons (Fsp3) is 0.320. The molecule has 0 saturated heterocycles. The minimum atomic E-state index is -0.0319. The van der Waals surface area contributed by atoms with E-state index in [1.165, 1.54) is 37.6 Å². The first-order valence-electron chi connectivity index (χ1n) is 10.3. The summed E-state index contributed by atoms with van der Waals surface area (Å²) in [5.74, 6) is 0. The second-order valence-corrected chi connectivity index (χ2v) is 9.08. The first kappa shape index (κ1) is 19.7. The highest BCUT2D eigenvalue weighted by Gasteiger charge is 2.35. The summed E-state index contributed by atoms with van der Waals surface area (Å²) in [4.78, 5) is 18.1. The summed E-state index contributed by atoms with van der Waals surface area (Å²) in [7, 11) is 0. The number of nitrogens with one attached hydrogen (secondary N) is 1. The molecule has 4 heteroatoms. The van der Waals surface area contributed by atoms with E-state index in [-0.39, 0.29) is 12.1 Å². The third-order valence-corrected chi connectivity index (χ3v) is 7.24. The van der Waals surface area contributed by atoms with Crippen LogP contribution in [0.5, 0.6) is 0 Å². The summed E-state index contributed by atoms with van der Waals surface area (Å²) in [5, 5.41) is 3.14. The number of amides is 2. The maximum atomic E-state index is 13.3. The summed E-state index contributed by atoms with van der Waals surface area (Å²) < 4.78 is 0. The molecule has 0 fully saturated rings. The van der Waals surface area contributed by atoms with Crippen molar-refractivity contribution in [2.75, 3.05) is 11.9 Å². The standard InChI is InChI=1S/C25H28N2OS/c1-5-21-18(4)29-24-22(21)13-14-27(23(24)19-9-7-6-8-10-19)25(28)26-20-12-11-16(2)17(3)15-20/h6-12,15,23H,5,13-14H2,1-4H3,(H,26,28). The first-order valence-corrected chi connectivity index (χ1v) is 11.1. The normalized spacial score (nSPS) is 15.9. The largest absolute Gasteiger partial charge is 0.322 e. The maximum Gasteiger partial charge on any atom is 0.322 e. The third-order valence-electron chi connectivity index (χ3n) is 6.00. The molecule has 1 aliphatic heterocycles. The third kappa shape index (κ3) is 3.69. The lowest BCUT2D eigenvalue weighted by molar-refractivity contribution is 0.195. The summed E-state index contributed by atoms with van der Waals surface area (Å²) in [6.07, 6.45) is 1.97. The van der Waals surface area contributed by atoms with E-state index in [1.54, 1.807) is 0 Å². The monoisotopic (exact) mass is 404 g/mol. The van der Waals surface area contributed by atoms with Gasteiger partial charge in [-0.05, 0) is 73.6 Å². The Morgan fingerprint density at radius 2 is 1.86 bits per heavy atom. The molecular formula is C25H28N2OS. The lowest BCUT2D eigenvalue weighted by Crippen LogP contribution is -2.42. The number of hydrogen-bond acceptors (Lipinski definition) is 2. The van der Waals surface area contributed by atoms with Crippen molar-refractivity contribution < 1.29 is 4.79 Å². The maximum absolute atomic E-state index is 13.3. The van der Waals surface area contributed by atoms with Gasteiger partial charge in [-0.15, -0.1) is 11.3 Å².